The van der Waals surface area contributed by atoms with Crippen molar-refractivity contribution in [3.05, 3.63) is 48.4 Å². The number of rotatable bonds is 6. The van der Waals surface area contributed by atoms with Gasteiger partial charge in [0.25, 0.3) is 0 Å². The zero-order chi connectivity index (χ0) is 11.8. The number of nitrogens with one attached hydrogen (secondary N) is 1. The van der Waals surface area contributed by atoms with Gasteiger partial charge in [-0.05, 0) is 32.3 Å². The highest BCUT2D eigenvalue weighted by Crippen LogP contribution is 2.12. The van der Waals surface area contributed by atoms with Crippen LogP contribution in [0.4, 0.5) is 0 Å². The van der Waals surface area contributed by atoms with Crippen LogP contribution in [0.5, 0.6) is 0 Å². The Morgan fingerprint density at radius 3 is 2.40 bits per heavy atom. The van der Waals surface area contributed by atoms with E-state index in [1.165, 1.54) is 5.57 Å². The average molecular weight is 205 g/mol. The Morgan fingerprint density at radius 1 is 1.33 bits per heavy atom. The van der Waals surface area contributed by atoms with Gasteiger partial charge in [0, 0.05) is 11.4 Å². The van der Waals surface area contributed by atoms with Crippen LogP contribution in [0.1, 0.15) is 34.1 Å². The van der Waals surface area contributed by atoms with Crippen molar-refractivity contribution in [2.45, 2.75) is 34.1 Å². The van der Waals surface area contributed by atoms with Crippen molar-refractivity contribution in [1.82, 2.24) is 5.32 Å². The highest BCUT2D eigenvalue weighted by atomic mass is 14.9. The first-order valence-electron chi connectivity index (χ1n) is 5.43. The zero-order valence-corrected chi connectivity index (χ0v) is 10.4. The minimum Gasteiger partial charge on any atom is -0.363 e. The first-order valence-corrected chi connectivity index (χ1v) is 5.43. The number of allylic oxidation sites excluding steroid dienone is 6. The van der Waals surface area contributed by atoms with E-state index in [1.807, 2.05) is 26.0 Å². The molecule has 0 bridgehead atoms. The van der Waals surface area contributed by atoms with Gasteiger partial charge >= 0.3 is 0 Å². The molecule has 0 aliphatic carbocycles. The Labute approximate surface area is 94.3 Å². The van der Waals surface area contributed by atoms with Gasteiger partial charge in [-0.2, -0.15) is 0 Å². The van der Waals surface area contributed by atoms with Crippen molar-refractivity contribution < 1.29 is 0 Å². The second kappa shape index (κ2) is 7.10. The quantitative estimate of drug-likeness (QED) is 0.642. The summed E-state index contributed by atoms with van der Waals surface area (Å²) in [6, 6.07) is 0. The molecule has 0 saturated carbocycles. The number of hydrogen-bond acceptors (Lipinski definition) is 1. The molecule has 84 valence electrons. The van der Waals surface area contributed by atoms with Gasteiger partial charge in [0.2, 0.25) is 0 Å². The molecule has 1 N–H and O–H groups in total. The van der Waals surface area contributed by atoms with E-state index in [4.69, 9.17) is 0 Å². The fourth-order valence-electron chi connectivity index (χ4n) is 1.12. The largest absolute Gasteiger partial charge is 0.363 e. The van der Waals surface area contributed by atoms with Crippen molar-refractivity contribution in [2.75, 3.05) is 0 Å². The van der Waals surface area contributed by atoms with Gasteiger partial charge in [-0.15, -0.1) is 0 Å². The minimum atomic E-state index is 0.559. The predicted octanol–water partition coefficient (Wildman–Crippen LogP) is 4.17. The highest BCUT2D eigenvalue weighted by molar-refractivity contribution is 5.23. The molecule has 0 heterocycles. The van der Waals surface area contributed by atoms with Gasteiger partial charge in [-0.25, -0.2) is 0 Å². The highest BCUT2D eigenvalue weighted by Gasteiger charge is 1.98. The van der Waals surface area contributed by atoms with Crippen LogP contribution in [0.2, 0.25) is 0 Å². The van der Waals surface area contributed by atoms with Crippen LogP contribution in [0.25, 0.3) is 0 Å². The lowest BCUT2D eigenvalue weighted by molar-refractivity contribution is 0.673. The Balaban J connectivity index is 4.18. The summed E-state index contributed by atoms with van der Waals surface area (Å²) in [5.74, 6) is 0.559. The fraction of sp³-hybridized carbons (Fsp3) is 0.429. The maximum Gasteiger partial charge on any atom is 0.0116 e. The molecule has 0 saturated heterocycles. The zero-order valence-electron chi connectivity index (χ0n) is 10.4. The van der Waals surface area contributed by atoms with E-state index in [-0.39, 0.29) is 0 Å². The Bertz CT molecular complexity index is 282. The molecule has 0 amide bonds. The van der Waals surface area contributed by atoms with E-state index in [1.54, 1.807) is 0 Å². The molecule has 0 aromatic rings. The third kappa shape index (κ3) is 6.78. The van der Waals surface area contributed by atoms with Crippen LogP contribution in [-0.2, 0) is 0 Å². The van der Waals surface area contributed by atoms with E-state index >= 15 is 0 Å². The van der Waals surface area contributed by atoms with Gasteiger partial charge in [-0.3, -0.25) is 0 Å². The first kappa shape index (κ1) is 13.8. The van der Waals surface area contributed by atoms with Crippen LogP contribution < -0.4 is 5.32 Å². The van der Waals surface area contributed by atoms with Gasteiger partial charge in [0.1, 0.15) is 0 Å². The van der Waals surface area contributed by atoms with E-state index in [0.29, 0.717) is 5.92 Å². The Morgan fingerprint density at radius 2 is 1.93 bits per heavy atom. The van der Waals surface area contributed by atoms with Crippen molar-refractivity contribution >= 4 is 0 Å². The van der Waals surface area contributed by atoms with Gasteiger partial charge in [0.15, 0.2) is 0 Å². The predicted molar refractivity (Wildman–Crippen MR) is 69.4 cm³/mol. The summed E-state index contributed by atoms with van der Waals surface area (Å²) >= 11 is 0. The van der Waals surface area contributed by atoms with Crippen LogP contribution in [0.15, 0.2) is 48.4 Å². The molecule has 0 aromatic carbocycles. The van der Waals surface area contributed by atoms with Gasteiger partial charge in [0.05, 0.1) is 0 Å². The SMILES string of the molecule is C=C(C)N/C(C)=C/C=C\C(=C)C(C)CC. The van der Waals surface area contributed by atoms with Gasteiger partial charge < -0.3 is 5.32 Å². The van der Waals surface area contributed by atoms with Crippen molar-refractivity contribution in [3.63, 3.8) is 0 Å². The molecule has 1 heteroatoms. The second-order valence-electron chi connectivity index (χ2n) is 4.00. The fourth-order valence-corrected chi connectivity index (χ4v) is 1.12. The van der Waals surface area contributed by atoms with E-state index in [2.05, 4.69) is 38.4 Å². The summed E-state index contributed by atoms with van der Waals surface area (Å²) < 4.78 is 0. The normalized spacial score (nSPS) is 14.0. The maximum absolute atomic E-state index is 4.03. The van der Waals surface area contributed by atoms with Gasteiger partial charge in [-0.1, -0.05) is 44.7 Å². The third-order valence-electron chi connectivity index (χ3n) is 2.31. The standard InChI is InChI=1S/C14H23N/c1-7-12(4)13(5)9-8-10-14(6)15-11(2)3/h8-10,12,15H,2,5,7H2,1,3-4,6H3/b9-8-,14-10+. The molecular weight excluding hydrogens is 182 g/mol. The Hall–Kier alpha value is -1.24. The third-order valence-corrected chi connectivity index (χ3v) is 2.31. The molecule has 0 aromatic heterocycles. The molecular formula is C14H23N. The van der Waals surface area contributed by atoms with Crippen molar-refractivity contribution in [1.29, 1.82) is 0 Å². The molecule has 1 unspecified atom stereocenters. The summed E-state index contributed by atoms with van der Waals surface area (Å²) in [5, 5.41) is 3.15. The van der Waals surface area contributed by atoms with Crippen LogP contribution in [-0.4, -0.2) is 0 Å². The van der Waals surface area contributed by atoms with E-state index < -0.39 is 0 Å². The molecule has 0 radical (unpaired) electrons. The monoisotopic (exact) mass is 205 g/mol. The molecule has 0 aliphatic rings. The van der Waals surface area contributed by atoms with E-state index in [0.717, 1.165) is 17.8 Å². The molecule has 1 atom stereocenters. The summed E-state index contributed by atoms with van der Waals surface area (Å²) in [7, 11) is 0. The van der Waals surface area contributed by atoms with Crippen molar-refractivity contribution in [3.8, 4) is 0 Å². The van der Waals surface area contributed by atoms with E-state index in [9.17, 15) is 0 Å². The molecule has 1 nitrogen and oxygen atoms in total. The maximum atomic E-state index is 4.03. The minimum absolute atomic E-state index is 0.559. The summed E-state index contributed by atoms with van der Waals surface area (Å²) in [5.41, 5.74) is 3.23. The van der Waals surface area contributed by atoms with Crippen LogP contribution in [0, 0.1) is 5.92 Å². The molecule has 0 aliphatic heterocycles. The lowest BCUT2D eigenvalue weighted by Gasteiger charge is -2.07. The Kier molecular flexibility index (Phi) is 6.52. The molecule has 0 rings (SSSR count). The molecule has 0 fully saturated rings. The summed E-state index contributed by atoms with van der Waals surface area (Å²) in [4.78, 5) is 0. The first-order chi connectivity index (χ1) is 6.97. The molecule has 15 heavy (non-hydrogen) atoms. The van der Waals surface area contributed by atoms with Crippen LogP contribution in [0.3, 0.4) is 0 Å². The smallest absolute Gasteiger partial charge is 0.0116 e. The second-order valence-corrected chi connectivity index (χ2v) is 4.00. The topological polar surface area (TPSA) is 12.0 Å². The molecule has 0 spiro atoms. The van der Waals surface area contributed by atoms with Crippen molar-refractivity contribution in [2.24, 2.45) is 5.92 Å². The lowest BCUT2D eigenvalue weighted by atomic mass is 10.00. The number of hydrogen-bond donors (Lipinski definition) is 1. The average Bonchev–Trinajstić information content (AvgIpc) is 2.15. The lowest BCUT2D eigenvalue weighted by Crippen LogP contribution is -2.05. The summed E-state index contributed by atoms with van der Waals surface area (Å²) in [6.45, 7) is 16.1. The van der Waals surface area contributed by atoms with Crippen LogP contribution >= 0.6 is 0 Å². The summed E-state index contributed by atoms with van der Waals surface area (Å²) in [6.07, 6.45) is 7.26.